The molecule has 3 N–H and O–H groups in total. The fourth-order valence-electron chi connectivity index (χ4n) is 1.63. The van der Waals surface area contributed by atoms with Gasteiger partial charge in [-0.05, 0) is 37.6 Å². The number of carbonyl (C=O) groups is 2. The smallest absolute Gasteiger partial charge is 0.325 e. The third-order valence-corrected chi connectivity index (χ3v) is 4.06. The number of urea groups is 1. The molecule has 0 radical (unpaired) electrons. The number of carbonyl (C=O) groups excluding carboxylic acids is 2. The van der Waals surface area contributed by atoms with Crippen LogP contribution in [-0.2, 0) is 0 Å². The van der Waals surface area contributed by atoms with Crippen molar-refractivity contribution in [1.82, 2.24) is 10.3 Å². The summed E-state index contributed by atoms with van der Waals surface area (Å²) in [7, 11) is 0. The van der Waals surface area contributed by atoms with E-state index >= 15 is 0 Å². The molecule has 8 heteroatoms. The highest BCUT2D eigenvalue weighted by molar-refractivity contribution is 7.14. The molecule has 122 valence electrons. The maximum atomic E-state index is 11.9. The van der Waals surface area contributed by atoms with Gasteiger partial charge in [0.25, 0.3) is 5.91 Å². The van der Waals surface area contributed by atoms with E-state index in [2.05, 4.69) is 20.9 Å². The molecule has 0 saturated carbocycles. The molecule has 1 unspecified atom stereocenters. The van der Waals surface area contributed by atoms with Gasteiger partial charge in [0.05, 0.1) is 0 Å². The van der Waals surface area contributed by atoms with Gasteiger partial charge in [0.1, 0.15) is 5.69 Å². The number of aromatic nitrogens is 1. The maximum Gasteiger partial charge on any atom is 0.325 e. The van der Waals surface area contributed by atoms with Crippen LogP contribution in [0, 0.1) is 0 Å². The van der Waals surface area contributed by atoms with Crippen molar-refractivity contribution in [3.8, 4) is 0 Å². The second-order valence-corrected chi connectivity index (χ2v) is 6.20. The Labute approximate surface area is 143 Å². The molecule has 3 amide bonds. The van der Waals surface area contributed by atoms with Gasteiger partial charge >= 0.3 is 6.03 Å². The van der Waals surface area contributed by atoms with Crippen molar-refractivity contribution in [3.05, 3.63) is 40.4 Å². The molecule has 0 aliphatic carbocycles. The number of nitrogens with zero attached hydrogens (tertiary/aromatic N) is 1. The van der Waals surface area contributed by atoms with Crippen molar-refractivity contribution in [3.63, 3.8) is 0 Å². The van der Waals surface area contributed by atoms with Crippen molar-refractivity contribution in [1.29, 1.82) is 0 Å². The summed E-state index contributed by atoms with van der Waals surface area (Å²) < 4.78 is 0. The summed E-state index contributed by atoms with van der Waals surface area (Å²) in [5.41, 5.74) is 0.898. The van der Waals surface area contributed by atoms with E-state index in [0.717, 1.165) is 6.42 Å². The number of amides is 3. The normalized spacial score (nSPS) is 11.6. The molecule has 0 saturated heterocycles. The van der Waals surface area contributed by atoms with Crippen LogP contribution < -0.4 is 16.0 Å². The first-order valence-electron chi connectivity index (χ1n) is 7.08. The lowest BCUT2D eigenvalue weighted by Crippen LogP contribution is -2.32. The summed E-state index contributed by atoms with van der Waals surface area (Å²) >= 11 is 6.97. The summed E-state index contributed by atoms with van der Waals surface area (Å²) in [6.45, 7) is 3.91. The van der Waals surface area contributed by atoms with Gasteiger partial charge in [0.15, 0.2) is 5.13 Å². The lowest BCUT2D eigenvalue weighted by Gasteiger charge is -2.09. The van der Waals surface area contributed by atoms with Gasteiger partial charge in [-0.3, -0.25) is 10.1 Å². The summed E-state index contributed by atoms with van der Waals surface area (Å²) in [4.78, 5) is 27.9. The number of benzene rings is 1. The fraction of sp³-hybridized carbons (Fsp3) is 0.267. The average molecular weight is 353 g/mol. The van der Waals surface area contributed by atoms with Crippen molar-refractivity contribution in [2.24, 2.45) is 0 Å². The van der Waals surface area contributed by atoms with Crippen molar-refractivity contribution < 1.29 is 9.59 Å². The topological polar surface area (TPSA) is 83.1 Å². The first kappa shape index (κ1) is 17.2. The van der Waals surface area contributed by atoms with Crippen molar-refractivity contribution in [2.75, 3.05) is 10.6 Å². The van der Waals surface area contributed by atoms with Crippen LogP contribution in [0.1, 0.15) is 30.8 Å². The number of nitrogens with one attached hydrogen (secondary N) is 3. The van der Waals surface area contributed by atoms with Crippen LogP contribution >= 0.6 is 22.9 Å². The molecule has 0 fully saturated rings. The Morgan fingerprint density at radius 2 is 1.96 bits per heavy atom. The highest BCUT2D eigenvalue weighted by Gasteiger charge is 2.13. The Balaban J connectivity index is 1.92. The summed E-state index contributed by atoms with van der Waals surface area (Å²) in [6.07, 6.45) is 0.838. The van der Waals surface area contributed by atoms with Crippen LogP contribution in [0.3, 0.4) is 0 Å². The molecular formula is C15H17ClN4O2S. The summed E-state index contributed by atoms with van der Waals surface area (Å²) in [5, 5.41) is 10.6. The highest BCUT2D eigenvalue weighted by Crippen LogP contribution is 2.17. The second-order valence-electron chi connectivity index (χ2n) is 4.91. The van der Waals surface area contributed by atoms with Crippen LogP contribution in [0.4, 0.5) is 15.6 Å². The molecule has 1 heterocycles. The molecule has 0 aliphatic heterocycles. The quantitative estimate of drug-likeness (QED) is 0.761. The predicted octanol–water partition coefficient (Wildman–Crippen LogP) is 3.97. The Bertz CT molecular complexity index is 687. The summed E-state index contributed by atoms with van der Waals surface area (Å²) in [5.74, 6) is -0.248. The summed E-state index contributed by atoms with van der Waals surface area (Å²) in [6, 6.07) is 6.38. The van der Waals surface area contributed by atoms with E-state index in [0.29, 0.717) is 15.8 Å². The van der Waals surface area contributed by atoms with Crippen molar-refractivity contribution in [2.45, 2.75) is 26.3 Å². The minimum atomic E-state index is -0.435. The molecule has 1 aromatic heterocycles. The van der Waals surface area contributed by atoms with Crippen LogP contribution in [0.5, 0.6) is 0 Å². The zero-order chi connectivity index (χ0) is 16.8. The van der Waals surface area contributed by atoms with E-state index in [1.165, 1.54) is 11.3 Å². The first-order chi connectivity index (χ1) is 11.0. The van der Waals surface area contributed by atoms with Gasteiger partial charge in [-0.25, -0.2) is 9.78 Å². The zero-order valence-corrected chi connectivity index (χ0v) is 14.3. The number of thiazole rings is 1. The minimum Gasteiger partial charge on any atom is -0.348 e. The number of hydrogen-bond acceptors (Lipinski definition) is 4. The highest BCUT2D eigenvalue weighted by atomic mass is 35.5. The largest absolute Gasteiger partial charge is 0.348 e. The molecule has 2 aromatic rings. The van der Waals surface area contributed by atoms with Crippen molar-refractivity contribution >= 4 is 45.7 Å². The minimum absolute atomic E-state index is 0.0776. The molecule has 0 spiro atoms. The van der Waals surface area contributed by atoms with Gasteiger partial charge in [-0.2, -0.15) is 0 Å². The van der Waals surface area contributed by atoms with Crippen LogP contribution in [0.15, 0.2) is 29.6 Å². The Morgan fingerprint density at radius 1 is 1.26 bits per heavy atom. The van der Waals surface area contributed by atoms with E-state index < -0.39 is 6.03 Å². The van der Waals surface area contributed by atoms with Gasteiger partial charge < -0.3 is 10.6 Å². The molecule has 6 nitrogen and oxygen atoms in total. The molecule has 1 aromatic carbocycles. The monoisotopic (exact) mass is 352 g/mol. The fourth-order valence-corrected chi connectivity index (χ4v) is 2.44. The van der Waals surface area contributed by atoms with E-state index in [1.54, 1.807) is 29.6 Å². The van der Waals surface area contributed by atoms with E-state index in [4.69, 9.17) is 11.6 Å². The van der Waals surface area contributed by atoms with Gasteiger partial charge in [0.2, 0.25) is 0 Å². The Kier molecular flexibility index (Phi) is 5.95. The molecule has 0 aliphatic rings. The molecule has 1 atom stereocenters. The number of anilines is 2. The van der Waals surface area contributed by atoms with Gasteiger partial charge in [0, 0.05) is 22.1 Å². The van der Waals surface area contributed by atoms with Crippen LogP contribution in [0.2, 0.25) is 5.02 Å². The third kappa shape index (κ3) is 5.22. The Hall–Kier alpha value is -2.12. The molecule has 2 rings (SSSR count). The van der Waals surface area contributed by atoms with Gasteiger partial charge in [-0.15, -0.1) is 11.3 Å². The van der Waals surface area contributed by atoms with E-state index in [9.17, 15) is 9.59 Å². The van der Waals surface area contributed by atoms with Crippen LogP contribution in [-0.4, -0.2) is 23.0 Å². The van der Waals surface area contributed by atoms with Gasteiger partial charge in [-0.1, -0.05) is 18.5 Å². The second kappa shape index (κ2) is 7.94. The standard InChI is InChI=1S/C15H17ClN4O2S/c1-3-9(2)17-13(21)12-8-23-15(19-12)20-14(22)18-11-6-4-10(16)5-7-11/h4-9H,3H2,1-2H3,(H,17,21)(H2,18,19,20,22). The van der Waals surface area contributed by atoms with E-state index in [1.807, 2.05) is 13.8 Å². The Morgan fingerprint density at radius 3 is 2.61 bits per heavy atom. The predicted molar refractivity (Wildman–Crippen MR) is 93.4 cm³/mol. The zero-order valence-electron chi connectivity index (χ0n) is 12.7. The lowest BCUT2D eigenvalue weighted by molar-refractivity contribution is 0.0935. The number of halogens is 1. The maximum absolute atomic E-state index is 11.9. The first-order valence-corrected chi connectivity index (χ1v) is 8.33. The lowest BCUT2D eigenvalue weighted by atomic mass is 10.2. The third-order valence-electron chi connectivity index (χ3n) is 3.05. The van der Waals surface area contributed by atoms with Crippen LogP contribution in [0.25, 0.3) is 0 Å². The average Bonchev–Trinajstić information content (AvgIpc) is 2.98. The molecular weight excluding hydrogens is 336 g/mol. The molecule has 23 heavy (non-hydrogen) atoms. The number of hydrogen-bond donors (Lipinski definition) is 3. The number of rotatable bonds is 5. The van der Waals surface area contributed by atoms with E-state index in [-0.39, 0.29) is 17.6 Å². The molecule has 0 bridgehead atoms. The SMILES string of the molecule is CCC(C)NC(=O)c1csc(NC(=O)Nc2ccc(Cl)cc2)n1.